The normalized spacial score (nSPS) is 12.3. The minimum atomic E-state index is 0.324. The van der Waals surface area contributed by atoms with E-state index in [1.54, 1.807) is 0 Å². The average molecular weight is 308 g/mol. The fraction of sp³-hybridized carbons (Fsp3) is 1.00. The number of rotatable bonds is 9. The maximum Gasteiger partial charge on any atom is 0.281 e. The van der Waals surface area contributed by atoms with Crippen LogP contribution in [0.2, 0.25) is 0 Å². The van der Waals surface area contributed by atoms with E-state index in [-0.39, 0.29) is 0 Å². The summed E-state index contributed by atoms with van der Waals surface area (Å²) in [5.74, 6) is 0. The lowest BCUT2D eigenvalue weighted by Crippen LogP contribution is -2.79. The first kappa shape index (κ1) is 22.0. The Morgan fingerprint density at radius 1 is 0.318 bits per heavy atom. The van der Waals surface area contributed by atoms with Gasteiger partial charge >= 0.3 is 0 Å². The largest absolute Gasteiger partial charge is 0.356 e. The fourth-order valence-corrected chi connectivity index (χ4v) is 3.64. The molecule has 0 aliphatic heterocycles. The third-order valence-electron chi connectivity index (χ3n) is 4.27. The van der Waals surface area contributed by atoms with Gasteiger partial charge in [-0.2, -0.15) is 0 Å². The van der Waals surface area contributed by atoms with Crippen molar-refractivity contribution in [2.75, 3.05) is 84.6 Å². The Balaban J connectivity index is 5.90. The van der Waals surface area contributed by atoms with Gasteiger partial charge in [-0.1, -0.05) is 0 Å². The molecule has 0 aromatic carbocycles. The van der Waals surface area contributed by atoms with E-state index in [0.29, 0.717) is 27.0 Å². The molecule has 0 spiro atoms. The first-order valence-electron chi connectivity index (χ1n) is 7.92. The maximum atomic E-state index is 2.36. The molecule has 0 rings (SSSR count). The Bertz CT molecular complexity index is 268. The van der Waals surface area contributed by atoms with Crippen molar-refractivity contribution in [3.8, 4) is 0 Å². The van der Waals surface area contributed by atoms with Crippen LogP contribution in [0, 0.1) is 0 Å². The molecule has 0 N–H and O–H groups in total. The van der Waals surface area contributed by atoms with Gasteiger partial charge in [0, 0.05) is 0 Å². The molecule has 0 aromatic rings. The highest BCUT2D eigenvalue weighted by molar-refractivity contribution is 7.62. The molecular formula is C12H36B4N6. The van der Waals surface area contributed by atoms with E-state index in [9.17, 15) is 0 Å². The summed E-state index contributed by atoms with van der Waals surface area (Å²) in [6.45, 7) is 1.36. The lowest BCUT2D eigenvalue weighted by Gasteiger charge is -2.44. The molecule has 0 bridgehead atoms. The van der Waals surface area contributed by atoms with Crippen LogP contribution in [-0.4, -0.2) is 140 Å². The molecule has 0 heterocycles. The molecule has 0 aliphatic rings. The summed E-state index contributed by atoms with van der Waals surface area (Å²) in [6.07, 6.45) is 0. The van der Waals surface area contributed by atoms with Gasteiger partial charge < -0.3 is 28.9 Å². The predicted octanol–water partition coefficient (Wildman–Crippen LogP) is -1.45. The quantitative estimate of drug-likeness (QED) is 0.482. The zero-order valence-corrected chi connectivity index (χ0v) is 17.0. The van der Waals surface area contributed by atoms with Crippen LogP contribution in [0.5, 0.6) is 0 Å². The molecule has 10 heteroatoms. The highest BCUT2D eigenvalue weighted by atomic mass is 15.2. The molecule has 22 heavy (non-hydrogen) atoms. The summed E-state index contributed by atoms with van der Waals surface area (Å²) in [6, 6.07) is 0. The molecule has 0 radical (unpaired) electrons. The fourth-order valence-electron chi connectivity index (χ4n) is 3.64. The van der Waals surface area contributed by atoms with Gasteiger partial charge in [0.2, 0.25) is 13.3 Å². The average Bonchev–Trinajstić information content (AvgIpc) is 2.30. The third kappa shape index (κ3) is 5.58. The van der Waals surface area contributed by atoms with Gasteiger partial charge in [-0.3, -0.25) is 0 Å². The molecule has 0 atom stereocenters. The summed E-state index contributed by atoms with van der Waals surface area (Å²) >= 11 is 0. The Morgan fingerprint density at radius 3 is 0.591 bits per heavy atom. The first-order valence-corrected chi connectivity index (χ1v) is 7.92. The molecule has 6 nitrogen and oxygen atoms in total. The second-order valence-corrected chi connectivity index (χ2v) is 7.59. The van der Waals surface area contributed by atoms with Crippen molar-refractivity contribution in [2.45, 2.75) is 0 Å². The number of nitrogens with zero attached hydrogens (tertiary/aromatic N) is 6. The van der Waals surface area contributed by atoms with E-state index in [1.807, 2.05) is 0 Å². The van der Waals surface area contributed by atoms with Crippen molar-refractivity contribution in [2.24, 2.45) is 0 Å². The summed E-state index contributed by atoms with van der Waals surface area (Å²) in [7, 11) is 26.0. The van der Waals surface area contributed by atoms with E-state index in [1.165, 1.54) is 0 Å². The molecular weight excluding hydrogens is 271 g/mol. The van der Waals surface area contributed by atoms with Crippen LogP contribution in [0.15, 0.2) is 0 Å². The molecule has 126 valence electrons. The maximum absolute atomic E-state index is 2.36. The van der Waals surface area contributed by atoms with Crippen LogP contribution < -0.4 is 0 Å². The zero-order valence-electron chi connectivity index (χ0n) is 17.0. The van der Waals surface area contributed by atoms with Gasteiger partial charge in [0.1, 0.15) is 0 Å². The molecule has 0 unspecified atom stereocenters. The summed E-state index contributed by atoms with van der Waals surface area (Å²) in [5, 5.41) is 0. The van der Waals surface area contributed by atoms with Crippen molar-refractivity contribution < 1.29 is 0 Å². The van der Waals surface area contributed by atoms with Gasteiger partial charge in [-0.15, -0.1) is 0 Å². The summed E-state index contributed by atoms with van der Waals surface area (Å²) in [5.41, 5.74) is 0. The lowest BCUT2D eigenvalue weighted by atomic mass is 8.90. The minimum absolute atomic E-state index is 0.324. The van der Waals surface area contributed by atoms with Crippen LogP contribution in [0.4, 0.5) is 0 Å². The van der Waals surface area contributed by atoms with E-state index in [2.05, 4.69) is 113 Å². The molecule has 0 aromatic heterocycles. The molecule has 0 aliphatic carbocycles. The Morgan fingerprint density at radius 2 is 0.500 bits per heavy atom. The number of hydrogen-bond donors (Lipinski definition) is 0. The van der Waals surface area contributed by atoms with Crippen molar-refractivity contribution in [1.82, 2.24) is 28.9 Å². The van der Waals surface area contributed by atoms with Gasteiger partial charge in [-0.25, -0.2) is 0 Å². The minimum Gasteiger partial charge on any atom is -0.356 e. The van der Waals surface area contributed by atoms with Gasteiger partial charge in [0.05, 0.1) is 0 Å². The Kier molecular flexibility index (Phi) is 9.36. The summed E-state index contributed by atoms with van der Waals surface area (Å²) < 4.78 is 0. The topological polar surface area (TPSA) is 19.4 Å². The van der Waals surface area contributed by atoms with Crippen LogP contribution in [0.3, 0.4) is 0 Å². The SMILES string of the molecule is CN(C)B(B(B(N(C)C)N(C)C)N(C)C)B(N(C)C)N(C)C. The van der Waals surface area contributed by atoms with Crippen LogP contribution >= 0.6 is 0 Å². The molecule has 0 amide bonds. The van der Waals surface area contributed by atoms with Crippen LogP contribution in [-0.2, 0) is 0 Å². The highest BCUT2D eigenvalue weighted by Gasteiger charge is 2.51. The Labute approximate surface area is 141 Å². The standard InChI is InChI=1S/C12H36B4N6/c1-17(2)13(15(19(5)6)20(7)8)14(18(3)4)16(21(9)10)22(11)12/h1-12H3. The van der Waals surface area contributed by atoms with Gasteiger partial charge in [0.15, 0.2) is 0 Å². The molecule has 0 saturated heterocycles. The third-order valence-corrected chi connectivity index (χ3v) is 4.27. The van der Waals surface area contributed by atoms with E-state index < -0.39 is 0 Å². The first-order chi connectivity index (χ1) is 9.93. The second-order valence-electron chi connectivity index (χ2n) is 7.59. The van der Waals surface area contributed by atoms with Gasteiger partial charge in [0.25, 0.3) is 13.7 Å². The highest BCUT2D eigenvalue weighted by Crippen LogP contribution is 2.11. The van der Waals surface area contributed by atoms with Crippen molar-refractivity contribution in [3.05, 3.63) is 0 Å². The predicted molar refractivity (Wildman–Crippen MR) is 105 cm³/mol. The zero-order chi connectivity index (χ0) is 17.8. The lowest BCUT2D eigenvalue weighted by molar-refractivity contribution is 0.520. The van der Waals surface area contributed by atoms with E-state index >= 15 is 0 Å². The van der Waals surface area contributed by atoms with E-state index in [0.717, 1.165) is 0 Å². The second kappa shape index (κ2) is 9.35. The monoisotopic (exact) mass is 308 g/mol. The van der Waals surface area contributed by atoms with Crippen molar-refractivity contribution in [3.63, 3.8) is 0 Å². The smallest absolute Gasteiger partial charge is 0.281 e. The van der Waals surface area contributed by atoms with Crippen LogP contribution in [0.25, 0.3) is 0 Å². The van der Waals surface area contributed by atoms with Gasteiger partial charge in [-0.05, 0) is 84.6 Å². The molecule has 0 fully saturated rings. The Hall–Kier alpha value is 0.0197. The number of hydrogen-bond acceptors (Lipinski definition) is 6. The van der Waals surface area contributed by atoms with Crippen molar-refractivity contribution >= 4 is 27.0 Å². The van der Waals surface area contributed by atoms with Crippen LogP contribution in [0.1, 0.15) is 0 Å². The molecule has 0 saturated carbocycles. The van der Waals surface area contributed by atoms with Crippen molar-refractivity contribution in [1.29, 1.82) is 0 Å². The summed E-state index contributed by atoms with van der Waals surface area (Å²) in [4.78, 5) is 13.9. The van der Waals surface area contributed by atoms with E-state index in [4.69, 9.17) is 0 Å².